The molecule has 0 heterocycles. The molecule has 1 atom stereocenters. The van der Waals surface area contributed by atoms with E-state index in [1.165, 1.54) is 11.1 Å². The number of nitrogens with one attached hydrogen (secondary N) is 1. The number of ether oxygens (including phenoxy) is 1. The lowest BCUT2D eigenvalue weighted by Gasteiger charge is -2.20. The number of nitriles is 1. The third-order valence-electron chi connectivity index (χ3n) is 3.29. The SMILES string of the molecule is CNC(CC#N)c1cc(C)c(OC)c(C)c1C. The van der Waals surface area contributed by atoms with Crippen LogP contribution in [0.1, 0.15) is 34.7 Å². The van der Waals surface area contributed by atoms with E-state index in [0.29, 0.717) is 6.42 Å². The Morgan fingerprint density at radius 1 is 1.35 bits per heavy atom. The maximum Gasteiger partial charge on any atom is 0.124 e. The Labute approximate surface area is 103 Å². The highest BCUT2D eigenvalue weighted by atomic mass is 16.5. The standard InChI is InChI=1S/C14H20N2O/c1-9-8-12(13(16-4)6-7-15)10(2)11(3)14(9)17-5/h8,13,16H,6H2,1-5H3. The van der Waals surface area contributed by atoms with Gasteiger partial charge in [0.2, 0.25) is 0 Å². The third kappa shape index (κ3) is 2.59. The Morgan fingerprint density at radius 3 is 2.47 bits per heavy atom. The monoisotopic (exact) mass is 232 g/mol. The van der Waals surface area contributed by atoms with Crippen LogP contribution in [0.2, 0.25) is 0 Å². The van der Waals surface area contributed by atoms with Crippen LogP contribution in [0.4, 0.5) is 0 Å². The molecule has 0 aliphatic carbocycles. The van der Waals surface area contributed by atoms with Crippen LogP contribution in [0.5, 0.6) is 5.75 Å². The maximum absolute atomic E-state index is 8.84. The predicted molar refractivity (Wildman–Crippen MR) is 69.2 cm³/mol. The summed E-state index contributed by atoms with van der Waals surface area (Å²) in [5, 5.41) is 12.0. The smallest absolute Gasteiger partial charge is 0.124 e. The molecule has 0 amide bonds. The number of aryl methyl sites for hydroxylation is 1. The van der Waals surface area contributed by atoms with E-state index in [1.54, 1.807) is 7.11 Å². The van der Waals surface area contributed by atoms with Gasteiger partial charge in [-0.3, -0.25) is 0 Å². The first-order valence-corrected chi connectivity index (χ1v) is 5.75. The number of hydrogen-bond donors (Lipinski definition) is 1. The molecule has 3 nitrogen and oxygen atoms in total. The molecule has 0 radical (unpaired) electrons. The molecular weight excluding hydrogens is 212 g/mol. The van der Waals surface area contributed by atoms with Crippen molar-refractivity contribution in [2.24, 2.45) is 0 Å². The lowest BCUT2D eigenvalue weighted by atomic mass is 9.93. The lowest BCUT2D eigenvalue weighted by molar-refractivity contribution is 0.407. The molecule has 3 heteroatoms. The molecule has 17 heavy (non-hydrogen) atoms. The van der Waals surface area contributed by atoms with Gasteiger partial charge in [0.15, 0.2) is 0 Å². The zero-order valence-corrected chi connectivity index (χ0v) is 11.2. The van der Waals surface area contributed by atoms with Crippen molar-refractivity contribution in [3.05, 3.63) is 28.3 Å². The van der Waals surface area contributed by atoms with Crippen molar-refractivity contribution in [1.29, 1.82) is 5.26 Å². The fourth-order valence-corrected chi connectivity index (χ4v) is 2.22. The summed E-state index contributed by atoms with van der Waals surface area (Å²) in [5.41, 5.74) is 4.65. The summed E-state index contributed by atoms with van der Waals surface area (Å²) < 4.78 is 5.40. The van der Waals surface area contributed by atoms with Crippen molar-refractivity contribution >= 4 is 0 Å². The molecule has 92 valence electrons. The van der Waals surface area contributed by atoms with E-state index in [0.717, 1.165) is 16.9 Å². The van der Waals surface area contributed by atoms with Gasteiger partial charge in [0.05, 0.1) is 19.6 Å². The molecule has 0 aromatic heterocycles. The van der Waals surface area contributed by atoms with Crippen molar-refractivity contribution in [3.63, 3.8) is 0 Å². The van der Waals surface area contributed by atoms with Gasteiger partial charge in [-0.15, -0.1) is 0 Å². The van der Waals surface area contributed by atoms with Gasteiger partial charge in [-0.05, 0) is 50.1 Å². The quantitative estimate of drug-likeness (QED) is 0.868. The first-order chi connectivity index (χ1) is 8.06. The van der Waals surface area contributed by atoms with E-state index < -0.39 is 0 Å². The minimum Gasteiger partial charge on any atom is -0.496 e. The average Bonchev–Trinajstić information content (AvgIpc) is 2.32. The van der Waals surface area contributed by atoms with Crippen LogP contribution in [-0.2, 0) is 0 Å². The van der Waals surface area contributed by atoms with Crippen molar-refractivity contribution < 1.29 is 4.74 Å². The second kappa shape index (κ2) is 5.70. The zero-order valence-electron chi connectivity index (χ0n) is 11.2. The fourth-order valence-electron chi connectivity index (χ4n) is 2.22. The third-order valence-corrected chi connectivity index (χ3v) is 3.29. The van der Waals surface area contributed by atoms with Crippen LogP contribution in [0.15, 0.2) is 6.07 Å². The highest BCUT2D eigenvalue weighted by Gasteiger charge is 2.16. The van der Waals surface area contributed by atoms with E-state index >= 15 is 0 Å². The molecule has 0 aliphatic rings. The van der Waals surface area contributed by atoms with Gasteiger partial charge in [0, 0.05) is 6.04 Å². The second-order valence-corrected chi connectivity index (χ2v) is 4.27. The molecule has 1 aromatic rings. The molecule has 0 saturated carbocycles. The summed E-state index contributed by atoms with van der Waals surface area (Å²) in [7, 11) is 3.58. The summed E-state index contributed by atoms with van der Waals surface area (Å²) in [4.78, 5) is 0. The Kier molecular flexibility index (Phi) is 4.53. The van der Waals surface area contributed by atoms with Gasteiger partial charge in [-0.1, -0.05) is 6.07 Å². The Bertz CT molecular complexity index is 447. The summed E-state index contributed by atoms with van der Waals surface area (Å²) in [6.45, 7) is 6.17. The Morgan fingerprint density at radius 2 is 2.00 bits per heavy atom. The topological polar surface area (TPSA) is 45.0 Å². The zero-order chi connectivity index (χ0) is 13.0. The summed E-state index contributed by atoms with van der Waals surface area (Å²) in [6.07, 6.45) is 0.475. The predicted octanol–water partition coefficient (Wildman–Crippen LogP) is 2.79. The first-order valence-electron chi connectivity index (χ1n) is 5.75. The highest BCUT2D eigenvalue weighted by Crippen LogP contribution is 2.32. The molecule has 0 saturated heterocycles. The fraction of sp³-hybridized carbons (Fsp3) is 0.500. The van der Waals surface area contributed by atoms with Crippen molar-refractivity contribution in [1.82, 2.24) is 5.32 Å². The van der Waals surface area contributed by atoms with E-state index in [-0.39, 0.29) is 6.04 Å². The first kappa shape index (κ1) is 13.5. The van der Waals surface area contributed by atoms with Crippen LogP contribution in [0.3, 0.4) is 0 Å². The van der Waals surface area contributed by atoms with E-state index in [9.17, 15) is 0 Å². The lowest BCUT2D eigenvalue weighted by Crippen LogP contribution is -2.17. The average molecular weight is 232 g/mol. The molecule has 0 aliphatic heterocycles. The minimum atomic E-state index is 0.0864. The maximum atomic E-state index is 8.84. The van der Waals surface area contributed by atoms with E-state index in [2.05, 4.69) is 31.3 Å². The molecule has 1 rings (SSSR count). The van der Waals surface area contributed by atoms with Crippen LogP contribution in [-0.4, -0.2) is 14.2 Å². The molecular formula is C14H20N2O. The number of nitrogens with zero attached hydrogens (tertiary/aromatic N) is 1. The molecule has 0 bridgehead atoms. The Hall–Kier alpha value is -1.53. The Balaban J connectivity index is 3.31. The van der Waals surface area contributed by atoms with E-state index in [1.807, 2.05) is 14.0 Å². The van der Waals surface area contributed by atoms with Crippen molar-refractivity contribution in [2.75, 3.05) is 14.2 Å². The summed E-state index contributed by atoms with van der Waals surface area (Å²) in [5.74, 6) is 0.943. The molecule has 0 spiro atoms. The highest BCUT2D eigenvalue weighted by molar-refractivity contribution is 5.50. The van der Waals surface area contributed by atoms with Crippen molar-refractivity contribution in [3.8, 4) is 11.8 Å². The van der Waals surface area contributed by atoms with Gasteiger partial charge in [-0.25, -0.2) is 0 Å². The van der Waals surface area contributed by atoms with Gasteiger partial charge in [0.1, 0.15) is 5.75 Å². The van der Waals surface area contributed by atoms with Crippen LogP contribution in [0.25, 0.3) is 0 Å². The van der Waals surface area contributed by atoms with Crippen LogP contribution < -0.4 is 10.1 Å². The number of methoxy groups -OCH3 is 1. The van der Waals surface area contributed by atoms with Gasteiger partial charge < -0.3 is 10.1 Å². The molecule has 0 fully saturated rings. The number of rotatable bonds is 4. The van der Waals surface area contributed by atoms with Crippen LogP contribution >= 0.6 is 0 Å². The minimum absolute atomic E-state index is 0.0864. The summed E-state index contributed by atoms with van der Waals surface area (Å²) in [6, 6.07) is 4.42. The van der Waals surface area contributed by atoms with Crippen molar-refractivity contribution in [2.45, 2.75) is 33.2 Å². The molecule has 1 aromatic carbocycles. The molecule has 1 unspecified atom stereocenters. The number of hydrogen-bond acceptors (Lipinski definition) is 3. The summed E-state index contributed by atoms with van der Waals surface area (Å²) >= 11 is 0. The largest absolute Gasteiger partial charge is 0.496 e. The van der Waals surface area contributed by atoms with Crippen LogP contribution in [0, 0.1) is 32.1 Å². The van der Waals surface area contributed by atoms with E-state index in [4.69, 9.17) is 10.00 Å². The molecule has 1 N–H and O–H groups in total. The van der Waals surface area contributed by atoms with Gasteiger partial charge in [0.25, 0.3) is 0 Å². The van der Waals surface area contributed by atoms with Gasteiger partial charge >= 0.3 is 0 Å². The second-order valence-electron chi connectivity index (χ2n) is 4.27. The number of benzene rings is 1. The normalized spacial score (nSPS) is 12.0. The van der Waals surface area contributed by atoms with Gasteiger partial charge in [-0.2, -0.15) is 5.26 Å².